The molecule has 1 atom stereocenters. The SMILES string of the molecule is Cc1ccc(CC(C)(O)CC=O)cc1C. The lowest BCUT2D eigenvalue weighted by Gasteiger charge is -2.20. The van der Waals surface area contributed by atoms with Gasteiger partial charge in [-0.3, -0.25) is 0 Å². The lowest BCUT2D eigenvalue weighted by molar-refractivity contribution is -0.111. The molecule has 1 aromatic rings. The smallest absolute Gasteiger partial charge is 0.122 e. The minimum atomic E-state index is -0.927. The zero-order chi connectivity index (χ0) is 11.5. The molecule has 2 heteroatoms. The maximum absolute atomic E-state index is 10.4. The van der Waals surface area contributed by atoms with Crippen molar-refractivity contribution in [3.63, 3.8) is 0 Å². The highest BCUT2D eigenvalue weighted by atomic mass is 16.3. The number of aryl methyl sites for hydroxylation is 2. The molecule has 82 valence electrons. The molecule has 0 radical (unpaired) electrons. The standard InChI is InChI=1S/C13H18O2/c1-10-4-5-12(8-11(10)2)9-13(3,15)6-7-14/h4-5,7-8,15H,6,9H2,1-3H3. The first-order chi connectivity index (χ1) is 6.94. The van der Waals surface area contributed by atoms with Gasteiger partial charge in [-0.2, -0.15) is 0 Å². The Labute approximate surface area is 90.9 Å². The molecule has 0 saturated carbocycles. The summed E-state index contributed by atoms with van der Waals surface area (Å²) in [6, 6.07) is 6.11. The number of rotatable bonds is 4. The van der Waals surface area contributed by atoms with Crippen LogP contribution in [0.5, 0.6) is 0 Å². The van der Waals surface area contributed by atoms with Gasteiger partial charge in [0.2, 0.25) is 0 Å². The van der Waals surface area contributed by atoms with Crippen LogP contribution in [0.1, 0.15) is 30.0 Å². The first kappa shape index (κ1) is 11.9. The monoisotopic (exact) mass is 206 g/mol. The van der Waals surface area contributed by atoms with E-state index in [-0.39, 0.29) is 6.42 Å². The van der Waals surface area contributed by atoms with E-state index >= 15 is 0 Å². The fourth-order valence-electron chi connectivity index (χ4n) is 1.60. The molecule has 1 unspecified atom stereocenters. The second-order valence-electron chi connectivity index (χ2n) is 4.46. The summed E-state index contributed by atoms with van der Waals surface area (Å²) in [6.07, 6.45) is 1.47. The summed E-state index contributed by atoms with van der Waals surface area (Å²) in [5.41, 5.74) is 2.61. The van der Waals surface area contributed by atoms with E-state index in [9.17, 15) is 9.90 Å². The van der Waals surface area contributed by atoms with E-state index in [1.54, 1.807) is 6.92 Å². The van der Waals surface area contributed by atoms with Crippen LogP contribution in [0.4, 0.5) is 0 Å². The molecule has 0 aliphatic carbocycles. The summed E-state index contributed by atoms with van der Waals surface area (Å²) >= 11 is 0. The van der Waals surface area contributed by atoms with Crippen molar-refractivity contribution in [1.29, 1.82) is 0 Å². The van der Waals surface area contributed by atoms with Crippen LogP contribution in [0.15, 0.2) is 18.2 Å². The number of carbonyl (C=O) groups is 1. The molecule has 0 aliphatic rings. The van der Waals surface area contributed by atoms with Gasteiger partial charge in [-0.15, -0.1) is 0 Å². The van der Waals surface area contributed by atoms with Gasteiger partial charge in [0, 0.05) is 12.8 Å². The van der Waals surface area contributed by atoms with Crippen LogP contribution in [-0.4, -0.2) is 17.0 Å². The molecule has 0 aromatic heterocycles. The fraction of sp³-hybridized carbons (Fsp3) is 0.462. The molecular formula is C13H18O2. The third-order valence-electron chi connectivity index (χ3n) is 2.68. The highest BCUT2D eigenvalue weighted by Crippen LogP contribution is 2.18. The van der Waals surface area contributed by atoms with Crippen LogP contribution in [-0.2, 0) is 11.2 Å². The molecule has 0 amide bonds. The second kappa shape index (κ2) is 4.58. The molecule has 0 aliphatic heterocycles. The molecule has 15 heavy (non-hydrogen) atoms. The number of hydrogen-bond acceptors (Lipinski definition) is 2. The zero-order valence-electron chi connectivity index (χ0n) is 9.58. The largest absolute Gasteiger partial charge is 0.389 e. The van der Waals surface area contributed by atoms with Crippen molar-refractivity contribution in [3.8, 4) is 0 Å². The van der Waals surface area contributed by atoms with Crippen LogP contribution in [0, 0.1) is 13.8 Å². The molecule has 0 saturated heterocycles. The topological polar surface area (TPSA) is 37.3 Å². The van der Waals surface area contributed by atoms with Crippen LogP contribution >= 0.6 is 0 Å². The van der Waals surface area contributed by atoms with E-state index in [1.165, 1.54) is 11.1 Å². The van der Waals surface area contributed by atoms with Gasteiger partial charge < -0.3 is 9.90 Å². The predicted octanol–water partition coefficient (Wildman–Crippen LogP) is 2.19. The first-order valence-corrected chi connectivity index (χ1v) is 5.17. The van der Waals surface area contributed by atoms with Gasteiger partial charge in [-0.1, -0.05) is 18.2 Å². The summed E-state index contributed by atoms with van der Waals surface area (Å²) in [6.45, 7) is 5.80. The van der Waals surface area contributed by atoms with Crippen molar-refractivity contribution in [1.82, 2.24) is 0 Å². The van der Waals surface area contributed by atoms with Crippen LogP contribution in [0.25, 0.3) is 0 Å². The van der Waals surface area contributed by atoms with E-state index < -0.39 is 5.60 Å². The predicted molar refractivity (Wildman–Crippen MR) is 60.9 cm³/mol. The third kappa shape index (κ3) is 3.48. The van der Waals surface area contributed by atoms with E-state index in [2.05, 4.69) is 13.0 Å². The Morgan fingerprint density at radius 3 is 2.53 bits per heavy atom. The summed E-state index contributed by atoms with van der Waals surface area (Å²) in [7, 11) is 0. The Hall–Kier alpha value is -1.15. The lowest BCUT2D eigenvalue weighted by Crippen LogP contribution is -2.27. The summed E-state index contributed by atoms with van der Waals surface area (Å²) in [5.74, 6) is 0. The highest BCUT2D eigenvalue weighted by Gasteiger charge is 2.20. The highest BCUT2D eigenvalue weighted by molar-refractivity contribution is 5.51. The molecule has 0 bridgehead atoms. The second-order valence-corrected chi connectivity index (χ2v) is 4.46. The zero-order valence-corrected chi connectivity index (χ0v) is 9.58. The van der Waals surface area contributed by atoms with Crippen LogP contribution < -0.4 is 0 Å². The summed E-state index contributed by atoms with van der Waals surface area (Å²) < 4.78 is 0. The van der Waals surface area contributed by atoms with E-state index in [4.69, 9.17) is 0 Å². The number of hydrogen-bond donors (Lipinski definition) is 1. The minimum absolute atomic E-state index is 0.180. The molecule has 0 heterocycles. The maximum atomic E-state index is 10.4. The van der Waals surface area contributed by atoms with Gasteiger partial charge in [-0.25, -0.2) is 0 Å². The van der Waals surface area contributed by atoms with Crippen LogP contribution in [0.3, 0.4) is 0 Å². The summed E-state index contributed by atoms with van der Waals surface area (Å²) in [4.78, 5) is 10.4. The van der Waals surface area contributed by atoms with E-state index in [0.29, 0.717) is 6.42 Å². The molecular weight excluding hydrogens is 188 g/mol. The van der Waals surface area contributed by atoms with Crippen molar-refractivity contribution in [2.75, 3.05) is 0 Å². The van der Waals surface area contributed by atoms with Crippen molar-refractivity contribution >= 4 is 6.29 Å². The van der Waals surface area contributed by atoms with Crippen molar-refractivity contribution in [2.45, 2.75) is 39.2 Å². The Morgan fingerprint density at radius 2 is 2.00 bits per heavy atom. The molecule has 2 nitrogen and oxygen atoms in total. The molecule has 1 N–H and O–H groups in total. The fourth-order valence-corrected chi connectivity index (χ4v) is 1.60. The normalized spacial score (nSPS) is 14.7. The van der Waals surface area contributed by atoms with Gasteiger partial charge in [0.25, 0.3) is 0 Å². The third-order valence-corrected chi connectivity index (χ3v) is 2.68. The number of aliphatic hydroxyl groups is 1. The Balaban J connectivity index is 2.80. The van der Waals surface area contributed by atoms with Gasteiger partial charge in [0.1, 0.15) is 6.29 Å². The summed E-state index contributed by atoms with van der Waals surface area (Å²) in [5, 5.41) is 9.90. The van der Waals surface area contributed by atoms with Crippen molar-refractivity contribution in [3.05, 3.63) is 34.9 Å². The average Bonchev–Trinajstić information content (AvgIpc) is 2.10. The van der Waals surface area contributed by atoms with E-state index in [0.717, 1.165) is 11.8 Å². The average molecular weight is 206 g/mol. The quantitative estimate of drug-likeness (QED) is 0.767. The molecule has 1 aromatic carbocycles. The minimum Gasteiger partial charge on any atom is -0.389 e. The number of aldehydes is 1. The van der Waals surface area contributed by atoms with Gasteiger partial charge in [0.05, 0.1) is 5.60 Å². The van der Waals surface area contributed by atoms with Gasteiger partial charge in [0.15, 0.2) is 0 Å². The first-order valence-electron chi connectivity index (χ1n) is 5.17. The van der Waals surface area contributed by atoms with Crippen LogP contribution in [0.2, 0.25) is 0 Å². The Morgan fingerprint density at radius 1 is 1.33 bits per heavy atom. The van der Waals surface area contributed by atoms with Gasteiger partial charge >= 0.3 is 0 Å². The van der Waals surface area contributed by atoms with E-state index in [1.807, 2.05) is 19.1 Å². The van der Waals surface area contributed by atoms with Gasteiger partial charge in [-0.05, 0) is 37.5 Å². The Bertz CT molecular complexity index is 354. The number of carbonyl (C=O) groups excluding carboxylic acids is 1. The Kier molecular flexibility index (Phi) is 3.64. The molecule has 0 spiro atoms. The lowest BCUT2D eigenvalue weighted by atomic mass is 9.92. The number of benzene rings is 1. The molecule has 0 fully saturated rings. The maximum Gasteiger partial charge on any atom is 0.122 e. The molecule has 1 rings (SSSR count). The van der Waals surface area contributed by atoms with Crippen molar-refractivity contribution < 1.29 is 9.90 Å². The van der Waals surface area contributed by atoms with Crippen molar-refractivity contribution in [2.24, 2.45) is 0 Å².